The number of nitrogens with zero attached hydrogens (tertiary/aromatic N) is 2. The second-order valence-electron chi connectivity index (χ2n) is 8.86. The number of methoxy groups -OCH3 is 1. The molecule has 4 rings (SSSR count). The number of para-hydroxylation sites is 1. The average Bonchev–Trinajstić information content (AvgIpc) is 3.40. The summed E-state index contributed by atoms with van der Waals surface area (Å²) in [5.74, 6) is -0.881. The van der Waals surface area contributed by atoms with E-state index in [1.54, 1.807) is 17.2 Å². The van der Waals surface area contributed by atoms with Crippen LogP contribution >= 0.6 is 22.9 Å². The van der Waals surface area contributed by atoms with Crippen LogP contribution < -0.4 is 5.32 Å². The highest BCUT2D eigenvalue weighted by atomic mass is 35.5. The molecule has 0 bridgehead atoms. The molecule has 0 radical (unpaired) electrons. The summed E-state index contributed by atoms with van der Waals surface area (Å²) < 4.78 is 4.67. The van der Waals surface area contributed by atoms with Crippen molar-refractivity contribution < 1.29 is 19.1 Å². The van der Waals surface area contributed by atoms with Gasteiger partial charge < -0.3 is 15.0 Å². The normalized spacial score (nSPS) is 14.8. The van der Waals surface area contributed by atoms with Crippen molar-refractivity contribution in [3.05, 3.63) is 69.6 Å². The fourth-order valence-electron chi connectivity index (χ4n) is 4.32. The monoisotopic (exact) mass is 525 g/mol. The molecule has 2 amide bonds. The van der Waals surface area contributed by atoms with Crippen molar-refractivity contribution in [2.45, 2.75) is 32.1 Å². The van der Waals surface area contributed by atoms with Crippen molar-refractivity contribution in [1.82, 2.24) is 9.88 Å². The van der Waals surface area contributed by atoms with Crippen LogP contribution in [0.5, 0.6) is 0 Å². The molecule has 1 aliphatic rings. The smallest absolute Gasteiger partial charge is 0.306 e. The highest BCUT2D eigenvalue weighted by molar-refractivity contribution is 7.10. The molecule has 9 heteroatoms. The molecule has 1 fully saturated rings. The fourth-order valence-corrected chi connectivity index (χ4v) is 5.42. The van der Waals surface area contributed by atoms with Crippen LogP contribution in [0.3, 0.4) is 0 Å². The van der Waals surface area contributed by atoms with Crippen LogP contribution in [-0.4, -0.2) is 47.9 Å². The summed E-state index contributed by atoms with van der Waals surface area (Å²) in [6.45, 7) is 2.96. The van der Waals surface area contributed by atoms with E-state index < -0.39 is 5.92 Å². The number of aromatic nitrogens is 1. The number of anilines is 1. The number of halogens is 1. The molecule has 1 atom stereocenters. The van der Waals surface area contributed by atoms with E-state index in [1.807, 2.05) is 48.5 Å². The van der Waals surface area contributed by atoms with E-state index in [9.17, 15) is 14.4 Å². The highest BCUT2D eigenvalue weighted by Crippen LogP contribution is 2.32. The molecule has 0 spiro atoms. The average molecular weight is 526 g/mol. The number of esters is 1. The molecule has 0 saturated carbocycles. The van der Waals surface area contributed by atoms with E-state index in [-0.39, 0.29) is 30.1 Å². The molecule has 0 unspecified atom stereocenters. The summed E-state index contributed by atoms with van der Waals surface area (Å²) in [7, 11) is 1.33. The van der Waals surface area contributed by atoms with E-state index in [0.717, 1.165) is 29.0 Å². The molecule has 2 aromatic carbocycles. The van der Waals surface area contributed by atoms with Gasteiger partial charge in [-0.2, -0.15) is 0 Å². The number of carbonyl (C=O) groups excluding carboxylic acids is 3. The standard InChI is InChI=1S/C27H28ClN3O4S/c1-17(15-24(32)35-2)27(34)31-13-11-19(12-14-31)26-30-23(16-36-26)25(33)29-22-6-4-3-5-21(22)18-7-9-20(28)10-8-18/h3-10,16-17,19H,11-15H2,1-2H3,(H,29,33)/t17-/m1/s1. The number of carbonyl (C=O) groups is 3. The van der Waals surface area contributed by atoms with Gasteiger partial charge in [-0.05, 0) is 36.6 Å². The minimum Gasteiger partial charge on any atom is -0.469 e. The molecule has 188 valence electrons. The largest absolute Gasteiger partial charge is 0.469 e. The van der Waals surface area contributed by atoms with Gasteiger partial charge in [-0.1, -0.05) is 48.9 Å². The maximum atomic E-state index is 13.0. The number of piperidine rings is 1. The van der Waals surface area contributed by atoms with Crippen LogP contribution in [-0.2, 0) is 14.3 Å². The number of likely N-dealkylation sites (tertiary alicyclic amines) is 1. The van der Waals surface area contributed by atoms with Gasteiger partial charge in [0.05, 0.1) is 18.5 Å². The first-order valence-electron chi connectivity index (χ1n) is 11.8. The molecule has 0 aliphatic carbocycles. The molecular formula is C27H28ClN3O4S. The molecule has 2 heterocycles. The zero-order valence-electron chi connectivity index (χ0n) is 20.2. The van der Waals surface area contributed by atoms with Gasteiger partial charge in [-0.3, -0.25) is 14.4 Å². The van der Waals surface area contributed by atoms with Crippen LogP contribution in [0.4, 0.5) is 5.69 Å². The van der Waals surface area contributed by atoms with Gasteiger partial charge in [0.25, 0.3) is 5.91 Å². The third-order valence-corrected chi connectivity index (χ3v) is 7.62. The van der Waals surface area contributed by atoms with Crippen molar-refractivity contribution in [1.29, 1.82) is 0 Å². The lowest BCUT2D eigenvalue weighted by atomic mass is 9.96. The number of benzene rings is 2. The molecule has 3 aromatic rings. The van der Waals surface area contributed by atoms with E-state index in [0.29, 0.717) is 29.5 Å². The minimum absolute atomic E-state index is 0.0302. The van der Waals surface area contributed by atoms with Gasteiger partial charge >= 0.3 is 5.97 Å². The Hall–Kier alpha value is -3.23. The molecule has 1 aromatic heterocycles. The Morgan fingerprint density at radius 1 is 1.14 bits per heavy atom. The Labute approximate surface area is 219 Å². The van der Waals surface area contributed by atoms with Gasteiger partial charge in [-0.25, -0.2) is 4.98 Å². The second-order valence-corrected chi connectivity index (χ2v) is 10.2. The van der Waals surface area contributed by atoms with Gasteiger partial charge in [0.15, 0.2) is 0 Å². The number of thiazole rings is 1. The zero-order chi connectivity index (χ0) is 25.7. The number of amides is 2. The van der Waals surface area contributed by atoms with Crippen LogP contribution in [0.2, 0.25) is 5.02 Å². The van der Waals surface area contributed by atoms with E-state index in [4.69, 9.17) is 11.6 Å². The van der Waals surface area contributed by atoms with Crippen LogP contribution in [0.1, 0.15) is 47.6 Å². The van der Waals surface area contributed by atoms with E-state index in [2.05, 4.69) is 15.0 Å². The zero-order valence-corrected chi connectivity index (χ0v) is 21.8. The quantitative estimate of drug-likeness (QED) is 0.404. The lowest BCUT2D eigenvalue weighted by Gasteiger charge is -2.32. The predicted molar refractivity (Wildman–Crippen MR) is 141 cm³/mol. The number of ether oxygens (including phenoxy) is 1. The van der Waals surface area contributed by atoms with Crippen molar-refractivity contribution in [3.8, 4) is 11.1 Å². The molecule has 1 N–H and O–H groups in total. The number of nitrogens with one attached hydrogen (secondary N) is 1. The summed E-state index contributed by atoms with van der Waals surface area (Å²) in [6.07, 6.45) is 1.62. The Morgan fingerprint density at radius 3 is 2.53 bits per heavy atom. The topological polar surface area (TPSA) is 88.6 Å². The van der Waals surface area contributed by atoms with Crippen molar-refractivity contribution >= 4 is 46.4 Å². The summed E-state index contributed by atoms with van der Waals surface area (Å²) in [5, 5.41) is 6.33. The maximum absolute atomic E-state index is 13.0. The first-order valence-corrected chi connectivity index (χ1v) is 13.1. The molecule has 36 heavy (non-hydrogen) atoms. The Morgan fingerprint density at radius 2 is 1.83 bits per heavy atom. The van der Waals surface area contributed by atoms with Crippen molar-refractivity contribution in [2.24, 2.45) is 5.92 Å². The Bertz CT molecular complexity index is 1240. The Kier molecular flexibility index (Phi) is 8.38. The third kappa shape index (κ3) is 6.12. The first-order chi connectivity index (χ1) is 17.4. The summed E-state index contributed by atoms with van der Waals surface area (Å²) in [5.41, 5.74) is 2.94. The van der Waals surface area contributed by atoms with Gasteiger partial charge in [0, 0.05) is 46.6 Å². The maximum Gasteiger partial charge on any atom is 0.306 e. The predicted octanol–water partition coefficient (Wildman–Crippen LogP) is 5.62. The number of hydrogen-bond acceptors (Lipinski definition) is 6. The van der Waals surface area contributed by atoms with Gasteiger partial charge in [-0.15, -0.1) is 11.3 Å². The van der Waals surface area contributed by atoms with Crippen molar-refractivity contribution in [3.63, 3.8) is 0 Å². The lowest BCUT2D eigenvalue weighted by Crippen LogP contribution is -2.41. The third-order valence-electron chi connectivity index (χ3n) is 6.36. The van der Waals surface area contributed by atoms with Crippen LogP contribution in [0.15, 0.2) is 53.9 Å². The van der Waals surface area contributed by atoms with Crippen LogP contribution in [0, 0.1) is 5.92 Å². The molecule has 7 nitrogen and oxygen atoms in total. The summed E-state index contributed by atoms with van der Waals surface area (Å²) in [4.78, 5) is 43.6. The number of hydrogen-bond donors (Lipinski definition) is 1. The second kappa shape index (κ2) is 11.7. The Balaban J connectivity index is 1.37. The fraction of sp³-hybridized carbons (Fsp3) is 0.333. The molecule has 1 aliphatic heterocycles. The SMILES string of the molecule is COC(=O)C[C@@H](C)C(=O)N1CCC(c2nc(C(=O)Nc3ccccc3-c3ccc(Cl)cc3)cs2)CC1. The van der Waals surface area contributed by atoms with Gasteiger partial charge in [0.2, 0.25) is 5.91 Å². The van der Waals surface area contributed by atoms with Crippen LogP contribution in [0.25, 0.3) is 11.1 Å². The highest BCUT2D eigenvalue weighted by Gasteiger charge is 2.29. The summed E-state index contributed by atoms with van der Waals surface area (Å²) in [6, 6.07) is 15.1. The number of rotatable bonds is 7. The first kappa shape index (κ1) is 25.9. The molecular weight excluding hydrogens is 498 g/mol. The van der Waals surface area contributed by atoms with Gasteiger partial charge in [0.1, 0.15) is 5.69 Å². The van der Waals surface area contributed by atoms with E-state index >= 15 is 0 Å². The van der Waals surface area contributed by atoms with Crippen molar-refractivity contribution in [2.75, 3.05) is 25.5 Å². The lowest BCUT2D eigenvalue weighted by molar-refractivity contribution is -0.146. The minimum atomic E-state index is -0.403. The molecule has 1 saturated heterocycles. The summed E-state index contributed by atoms with van der Waals surface area (Å²) >= 11 is 7.49. The van der Waals surface area contributed by atoms with E-state index in [1.165, 1.54) is 18.4 Å².